The summed E-state index contributed by atoms with van der Waals surface area (Å²) in [6.07, 6.45) is -0.868. The number of benzene rings is 2. The number of rotatable bonds is 4. The van der Waals surface area contributed by atoms with Crippen LogP contribution in [0.4, 0.5) is 10.1 Å². The largest absolute Gasteiger partial charge is 0.387 e. The highest BCUT2D eigenvalue weighted by molar-refractivity contribution is 6.33. The van der Waals surface area contributed by atoms with Gasteiger partial charge in [0.05, 0.1) is 28.4 Å². The normalized spacial score (nSPS) is 11.7. The Morgan fingerprint density at radius 1 is 1.30 bits per heavy atom. The van der Waals surface area contributed by atoms with Gasteiger partial charge in [0.25, 0.3) is 0 Å². The fraction of sp³-hybridized carbons (Fsp3) is 0.133. The van der Waals surface area contributed by atoms with E-state index < -0.39 is 11.9 Å². The molecule has 0 aliphatic carbocycles. The van der Waals surface area contributed by atoms with Crippen LogP contribution in [-0.4, -0.2) is 11.7 Å². The third kappa shape index (κ3) is 3.47. The number of nitrogens with zero attached hydrogens (tertiary/aromatic N) is 1. The van der Waals surface area contributed by atoms with E-state index in [2.05, 4.69) is 5.32 Å². The minimum absolute atomic E-state index is 0.165. The highest BCUT2D eigenvalue weighted by atomic mass is 35.5. The average Bonchev–Trinajstić information content (AvgIpc) is 2.46. The Kier molecular flexibility index (Phi) is 4.57. The van der Waals surface area contributed by atoms with E-state index in [-0.39, 0.29) is 6.54 Å². The second kappa shape index (κ2) is 6.38. The molecule has 5 heteroatoms. The molecule has 2 aromatic carbocycles. The molecule has 2 N–H and O–H groups in total. The topological polar surface area (TPSA) is 56.0 Å². The van der Waals surface area contributed by atoms with Crippen LogP contribution in [0.1, 0.15) is 17.2 Å². The molecule has 0 heterocycles. The molecule has 2 aromatic rings. The van der Waals surface area contributed by atoms with Crippen molar-refractivity contribution in [3.8, 4) is 6.07 Å². The van der Waals surface area contributed by atoms with Crippen LogP contribution in [0.3, 0.4) is 0 Å². The lowest BCUT2D eigenvalue weighted by Gasteiger charge is -2.14. The zero-order valence-electron chi connectivity index (χ0n) is 10.5. The van der Waals surface area contributed by atoms with Crippen molar-refractivity contribution in [3.05, 3.63) is 64.4 Å². The van der Waals surface area contributed by atoms with Crippen LogP contribution < -0.4 is 5.32 Å². The lowest BCUT2D eigenvalue weighted by Crippen LogP contribution is -2.12. The third-order valence-electron chi connectivity index (χ3n) is 2.81. The monoisotopic (exact) mass is 290 g/mol. The molecular formula is C15H12ClFN2O. The van der Waals surface area contributed by atoms with E-state index in [1.54, 1.807) is 24.3 Å². The van der Waals surface area contributed by atoms with Crippen molar-refractivity contribution in [3.63, 3.8) is 0 Å². The summed E-state index contributed by atoms with van der Waals surface area (Å²) < 4.78 is 13.1. The van der Waals surface area contributed by atoms with Gasteiger partial charge in [0, 0.05) is 6.54 Å². The van der Waals surface area contributed by atoms with Crippen LogP contribution in [-0.2, 0) is 0 Å². The molecule has 20 heavy (non-hydrogen) atoms. The molecule has 0 radical (unpaired) electrons. The van der Waals surface area contributed by atoms with Crippen LogP contribution in [0, 0.1) is 17.1 Å². The van der Waals surface area contributed by atoms with E-state index in [0.717, 1.165) is 0 Å². The second-order valence-corrected chi connectivity index (χ2v) is 4.67. The molecule has 1 atom stereocenters. The Hall–Kier alpha value is -2.09. The Morgan fingerprint density at radius 2 is 2.10 bits per heavy atom. The Morgan fingerprint density at radius 3 is 2.80 bits per heavy atom. The van der Waals surface area contributed by atoms with Crippen LogP contribution >= 0.6 is 11.6 Å². The molecule has 0 saturated carbocycles. The van der Waals surface area contributed by atoms with E-state index in [9.17, 15) is 9.50 Å². The molecule has 0 fully saturated rings. The van der Waals surface area contributed by atoms with Gasteiger partial charge in [-0.1, -0.05) is 23.7 Å². The fourth-order valence-electron chi connectivity index (χ4n) is 1.77. The number of halogens is 2. The number of nitrogens with one attached hydrogen (secondary N) is 1. The highest BCUT2D eigenvalue weighted by Crippen LogP contribution is 2.24. The Balaban J connectivity index is 2.07. The van der Waals surface area contributed by atoms with E-state index in [1.165, 1.54) is 18.2 Å². The smallest absolute Gasteiger partial charge is 0.123 e. The van der Waals surface area contributed by atoms with Crippen molar-refractivity contribution < 1.29 is 9.50 Å². The number of aliphatic hydroxyl groups is 1. The summed E-state index contributed by atoms with van der Waals surface area (Å²) in [4.78, 5) is 0. The number of hydrogen-bond donors (Lipinski definition) is 2. The molecule has 0 spiro atoms. The van der Waals surface area contributed by atoms with Gasteiger partial charge >= 0.3 is 0 Å². The quantitative estimate of drug-likeness (QED) is 0.906. The van der Waals surface area contributed by atoms with Gasteiger partial charge in [-0.25, -0.2) is 4.39 Å². The standard InChI is InChI=1S/C15H12ClFN2O/c16-13-5-4-10(8-18)6-14(13)19-9-15(20)11-2-1-3-12(17)7-11/h1-7,15,19-20H,9H2. The van der Waals surface area contributed by atoms with E-state index >= 15 is 0 Å². The van der Waals surface area contributed by atoms with Gasteiger partial charge in [-0.3, -0.25) is 0 Å². The van der Waals surface area contributed by atoms with Crippen LogP contribution in [0.25, 0.3) is 0 Å². The van der Waals surface area contributed by atoms with Gasteiger partial charge in [0.2, 0.25) is 0 Å². The number of nitriles is 1. The minimum Gasteiger partial charge on any atom is -0.387 e. The summed E-state index contributed by atoms with van der Waals surface area (Å²) in [6, 6.07) is 12.6. The number of aliphatic hydroxyl groups excluding tert-OH is 1. The maximum absolute atomic E-state index is 13.1. The predicted octanol–water partition coefficient (Wildman–Crippen LogP) is 3.50. The first kappa shape index (κ1) is 14.3. The lowest BCUT2D eigenvalue weighted by atomic mass is 10.1. The number of anilines is 1. The van der Waals surface area contributed by atoms with Gasteiger partial charge in [-0.05, 0) is 35.9 Å². The molecule has 1 unspecified atom stereocenters. The van der Waals surface area contributed by atoms with Gasteiger partial charge in [-0.15, -0.1) is 0 Å². The lowest BCUT2D eigenvalue weighted by molar-refractivity contribution is 0.191. The zero-order valence-corrected chi connectivity index (χ0v) is 11.2. The van der Waals surface area contributed by atoms with Crippen LogP contribution in [0.15, 0.2) is 42.5 Å². The minimum atomic E-state index is -0.868. The van der Waals surface area contributed by atoms with Crippen LogP contribution in [0.2, 0.25) is 5.02 Å². The average molecular weight is 291 g/mol. The van der Waals surface area contributed by atoms with Crippen molar-refractivity contribution in [2.45, 2.75) is 6.10 Å². The van der Waals surface area contributed by atoms with Gasteiger partial charge in [0.15, 0.2) is 0 Å². The maximum atomic E-state index is 13.1. The maximum Gasteiger partial charge on any atom is 0.123 e. The summed E-state index contributed by atoms with van der Waals surface area (Å²) in [5.74, 6) is -0.397. The van der Waals surface area contributed by atoms with E-state index in [1.807, 2.05) is 6.07 Å². The molecule has 0 bridgehead atoms. The molecule has 0 amide bonds. The molecular weight excluding hydrogens is 279 g/mol. The third-order valence-corrected chi connectivity index (χ3v) is 3.14. The van der Waals surface area contributed by atoms with Gasteiger partial charge in [-0.2, -0.15) is 5.26 Å². The first-order chi connectivity index (χ1) is 9.60. The number of hydrogen-bond acceptors (Lipinski definition) is 3. The molecule has 2 rings (SSSR count). The van der Waals surface area contributed by atoms with Crippen molar-refractivity contribution in [2.24, 2.45) is 0 Å². The first-order valence-electron chi connectivity index (χ1n) is 5.97. The SMILES string of the molecule is N#Cc1ccc(Cl)c(NCC(O)c2cccc(F)c2)c1. The summed E-state index contributed by atoms with van der Waals surface area (Å²) in [6.45, 7) is 0.165. The molecule has 3 nitrogen and oxygen atoms in total. The molecule has 0 saturated heterocycles. The second-order valence-electron chi connectivity index (χ2n) is 4.26. The Bertz CT molecular complexity index is 655. The van der Waals surface area contributed by atoms with Gasteiger partial charge in [0.1, 0.15) is 5.82 Å². The Labute approximate surface area is 121 Å². The summed E-state index contributed by atoms with van der Waals surface area (Å²) in [7, 11) is 0. The van der Waals surface area contributed by atoms with Crippen molar-refractivity contribution in [2.75, 3.05) is 11.9 Å². The zero-order chi connectivity index (χ0) is 14.5. The molecule has 0 aromatic heterocycles. The van der Waals surface area contributed by atoms with E-state index in [0.29, 0.717) is 21.8 Å². The van der Waals surface area contributed by atoms with Gasteiger partial charge < -0.3 is 10.4 Å². The van der Waals surface area contributed by atoms with E-state index in [4.69, 9.17) is 16.9 Å². The van der Waals surface area contributed by atoms with Crippen molar-refractivity contribution in [1.29, 1.82) is 5.26 Å². The molecule has 102 valence electrons. The summed E-state index contributed by atoms with van der Waals surface area (Å²) in [5, 5.41) is 22.2. The molecule has 0 aliphatic heterocycles. The van der Waals surface area contributed by atoms with Crippen LogP contribution in [0.5, 0.6) is 0 Å². The first-order valence-corrected chi connectivity index (χ1v) is 6.35. The highest BCUT2D eigenvalue weighted by Gasteiger charge is 2.09. The summed E-state index contributed by atoms with van der Waals surface area (Å²) >= 11 is 5.99. The predicted molar refractivity (Wildman–Crippen MR) is 76.0 cm³/mol. The fourth-order valence-corrected chi connectivity index (χ4v) is 1.95. The molecule has 0 aliphatic rings. The van der Waals surface area contributed by atoms with Crippen molar-refractivity contribution in [1.82, 2.24) is 0 Å². The van der Waals surface area contributed by atoms with Crippen molar-refractivity contribution >= 4 is 17.3 Å². The summed E-state index contributed by atoms with van der Waals surface area (Å²) in [5.41, 5.74) is 1.50.